The molecule has 8 heteroatoms. The smallest absolute Gasteiger partial charge is 0.274 e. The predicted molar refractivity (Wildman–Crippen MR) is 78.3 cm³/mol. The maximum atomic E-state index is 12.1. The van der Waals surface area contributed by atoms with Crippen LogP contribution >= 0.6 is 0 Å². The fraction of sp³-hybridized carbons (Fsp3) is 0.214. The molecule has 0 saturated heterocycles. The molecular weight excluding hydrogens is 308 g/mol. The third kappa shape index (κ3) is 4.17. The first-order chi connectivity index (χ1) is 10.5. The standard InChI is InChI=1S/C14H16N2O5S/c1-2-21-16-14(17)11-5-7-13(8-6-11)22(18,19)15-10-12-4-3-9-20-12/h3-9,15H,2,10H2,1H3,(H,16,17). The lowest BCUT2D eigenvalue weighted by molar-refractivity contribution is 0.0364. The van der Waals surface area contributed by atoms with Crippen molar-refractivity contribution >= 4 is 15.9 Å². The summed E-state index contributed by atoms with van der Waals surface area (Å²) < 4.78 is 31.7. The van der Waals surface area contributed by atoms with Gasteiger partial charge in [-0.15, -0.1) is 0 Å². The molecule has 1 aromatic carbocycles. The largest absolute Gasteiger partial charge is 0.468 e. The van der Waals surface area contributed by atoms with E-state index < -0.39 is 15.9 Å². The van der Waals surface area contributed by atoms with E-state index in [4.69, 9.17) is 9.25 Å². The highest BCUT2D eigenvalue weighted by molar-refractivity contribution is 7.89. The minimum absolute atomic E-state index is 0.0575. The van der Waals surface area contributed by atoms with E-state index in [1.165, 1.54) is 30.5 Å². The summed E-state index contributed by atoms with van der Waals surface area (Å²) in [5.41, 5.74) is 2.54. The number of hydrogen-bond acceptors (Lipinski definition) is 5. The average molecular weight is 324 g/mol. The highest BCUT2D eigenvalue weighted by Crippen LogP contribution is 2.11. The van der Waals surface area contributed by atoms with Crippen LogP contribution < -0.4 is 10.2 Å². The van der Waals surface area contributed by atoms with Crippen LogP contribution in [0.3, 0.4) is 0 Å². The van der Waals surface area contributed by atoms with Crippen LogP contribution in [0.5, 0.6) is 0 Å². The maximum absolute atomic E-state index is 12.1. The van der Waals surface area contributed by atoms with Crippen LogP contribution in [0.1, 0.15) is 23.0 Å². The Morgan fingerprint density at radius 3 is 2.55 bits per heavy atom. The van der Waals surface area contributed by atoms with Crippen molar-refractivity contribution in [1.82, 2.24) is 10.2 Å². The first-order valence-electron chi connectivity index (χ1n) is 6.57. The molecule has 22 heavy (non-hydrogen) atoms. The van der Waals surface area contributed by atoms with Crippen molar-refractivity contribution in [3.8, 4) is 0 Å². The van der Waals surface area contributed by atoms with Crippen LogP contribution in [0.2, 0.25) is 0 Å². The molecule has 0 bridgehead atoms. The van der Waals surface area contributed by atoms with Gasteiger partial charge in [-0.3, -0.25) is 9.63 Å². The van der Waals surface area contributed by atoms with E-state index in [0.29, 0.717) is 17.9 Å². The zero-order chi connectivity index (χ0) is 16.0. The molecule has 0 radical (unpaired) electrons. The Hall–Kier alpha value is -2.16. The van der Waals surface area contributed by atoms with Gasteiger partial charge in [0.05, 0.1) is 24.3 Å². The molecule has 0 atom stereocenters. The number of rotatable bonds is 7. The molecule has 0 saturated carbocycles. The minimum Gasteiger partial charge on any atom is -0.468 e. The maximum Gasteiger partial charge on any atom is 0.274 e. The van der Waals surface area contributed by atoms with Crippen LogP contribution in [-0.4, -0.2) is 20.9 Å². The number of amides is 1. The van der Waals surface area contributed by atoms with Gasteiger partial charge in [-0.25, -0.2) is 18.6 Å². The first-order valence-corrected chi connectivity index (χ1v) is 8.05. The zero-order valence-electron chi connectivity index (χ0n) is 11.9. The zero-order valence-corrected chi connectivity index (χ0v) is 12.7. The van der Waals surface area contributed by atoms with Gasteiger partial charge in [0.25, 0.3) is 5.91 Å². The van der Waals surface area contributed by atoms with Gasteiger partial charge in [0.15, 0.2) is 0 Å². The van der Waals surface area contributed by atoms with E-state index >= 15 is 0 Å². The van der Waals surface area contributed by atoms with Crippen molar-refractivity contribution in [3.05, 3.63) is 54.0 Å². The Morgan fingerprint density at radius 2 is 1.95 bits per heavy atom. The summed E-state index contributed by atoms with van der Waals surface area (Å²) in [7, 11) is -3.67. The molecule has 0 aliphatic heterocycles. The molecule has 2 aromatic rings. The number of carbonyl (C=O) groups is 1. The van der Waals surface area contributed by atoms with Gasteiger partial charge in [0.1, 0.15) is 5.76 Å². The summed E-state index contributed by atoms with van der Waals surface area (Å²) in [4.78, 5) is 16.5. The Morgan fingerprint density at radius 1 is 1.23 bits per heavy atom. The van der Waals surface area contributed by atoms with Crippen LogP contribution in [0, 0.1) is 0 Å². The molecule has 0 spiro atoms. The lowest BCUT2D eigenvalue weighted by atomic mass is 10.2. The number of hydrogen-bond donors (Lipinski definition) is 2. The average Bonchev–Trinajstić information content (AvgIpc) is 3.04. The van der Waals surface area contributed by atoms with Crippen LogP contribution in [0.4, 0.5) is 0 Å². The van der Waals surface area contributed by atoms with Gasteiger partial charge in [-0.05, 0) is 43.3 Å². The number of nitrogens with one attached hydrogen (secondary N) is 2. The number of benzene rings is 1. The highest BCUT2D eigenvalue weighted by atomic mass is 32.2. The summed E-state index contributed by atoms with van der Waals surface area (Å²) in [6.45, 7) is 2.14. The lowest BCUT2D eigenvalue weighted by Gasteiger charge is -2.07. The molecule has 0 fully saturated rings. The number of sulfonamides is 1. The summed E-state index contributed by atoms with van der Waals surface area (Å²) >= 11 is 0. The second kappa shape index (κ2) is 7.21. The van der Waals surface area contributed by atoms with Crippen molar-refractivity contribution in [2.24, 2.45) is 0 Å². The molecule has 1 heterocycles. The van der Waals surface area contributed by atoms with Gasteiger partial charge in [-0.1, -0.05) is 0 Å². The molecular formula is C14H16N2O5S. The van der Waals surface area contributed by atoms with E-state index in [1.807, 2.05) is 0 Å². The fourth-order valence-corrected chi connectivity index (χ4v) is 2.64. The summed E-state index contributed by atoms with van der Waals surface area (Å²) in [6.07, 6.45) is 1.47. The van der Waals surface area contributed by atoms with E-state index in [1.54, 1.807) is 19.1 Å². The van der Waals surface area contributed by atoms with E-state index in [-0.39, 0.29) is 11.4 Å². The molecule has 0 aliphatic carbocycles. The van der Waals surface area contributed by atoms with Crippen LogP contribution in [0.15, 0.2) is 52.0 Å². The van der Waals surface area contributed by atoms with Crippen molar-refractivity contribution < 1.29 is 22.5 Å². The predicted octanol–water partition coefficient (Wildman–Crippen LogP) is 1.44. The second-order valence-electron chi connectivity index (χ2n) is 4.29. The SMILES string of the molecule is CCONC(=O)c1ccc(S(=O)(=O)NCc2ccco2)cc1. The van der Waals surface area contributed by atoms with Crippen molar-refractivity contribution in [2.75, 3.05) is 6.61 Å². The normalized spacial score (nSPS) is 11.3. The van der Waals surface area contributed by atoms with Gasteiger partial charge in [0.2, 0.25) is 10.0 Å². The lowest BCUT2D eigenvalue weighted by Crippen LogP contribution is -2.24. The third-order valence-electron chi connectivity index (χ3n) is 2.75. The van der Waals surface area contributed by atoms with Crippen molar-refractivity contribution in [1.29, 1.82) is 0 Å². The van der Waals surface area contributed by atoms with E-state index in [0.717, 1.165) is 0 Å². The number of carbonyl (C=O) groups excluding carboxylic acids is 1. The third-order valence-corrected chi connectivity index (χ3v) is 4.17. The van der Waals surface area contributed by atoms with E-state index in [9.17, 15) is 13.2 Å². The van der Waals surface area contributed by atoms with Crippen molar-refractivity contribution in [2.45, 2.75) is 18.4 Å². The van der Waals surface area contributed by atoms with Crippen LogP contribution in [0.25, 0.3) is 0 Å². The first kappa shape index (κ1) is 16.2. The number of furan rings is 1. The number of hydroxylamine groups is 1. The molecule has 7 nitrogen and oxygen atoms in total. The fourth-order valence-electron chi connectivity index (χ4n) is 1.64. The van der Waals surface area contributed by atoms with Crippen molar-refractivity contribution in [3.63, 3.8) is 0 Å². The van der Waals surface area contributed by atoms with Gasteiger partial charge >= 0.3 is 0 Å². The minimum atomic E-state index is -3.67. The Kier molecular flexibility index (Phi) is 5.31. The molecule has 118 valence electrons. The second-order valence-corrected chi connectivity index (χ2v) is 6.06. The van der Waals surface area contributed by atoms with Gasteiger partial charge in [0, 0.05) is 5.56 Å². The van der Waals surface area contributed by atoms with E-state index in [2.05, 4.69) is 10.2 Å². The Balaban J connectivity index is 2.03. The Bertz CT molecular complexity index is 708. The summed E-state index contributed by atoms with van der Waals surface area (Å²) in [6, 6.07) is 8.88. The molecule has 1 amide bonds. The van der Waals surface area contributed by atoms with Gasteiger partial charge in [-0.2, -0.15) is 0 Å². The molecule has 1 aromatic heterocycles. The topological polar surface area (TPSA) is 97.6 Å². The quantitative estimate of drug-likeness (QED) is 0.751. The highest BCUT2D eigenvalue weighted by Gasteiger charge is 2.15. The Labute approximate surface area is 128 Å². The summed E-state index contributed by atoms with van der Waals surface area (Å²) in [5, 5.41) is 0. The molecule has 2 N–H and O–H groups in total. The van der Waals surface area contributed by atoms with Crippen LogP contribution in [-0.2, 0) is 21.4 Å². The monoisotopic (exact) mass is 324 g/mol. The van der Waals surface area contributed by atoms with Gasteiger partial charge < -0.3 is 4.42 Å². The summed E-state index contributed by atoms with van der Waals surface area (Å²) in [5.74, 6) is 0.0747. The molecule has 0 aliphatic rings. The molecule has 0 unspecified atom stereocenters. The molecule has 2 rings (SSSR count).